The number of hydrogen-bond acceptors (Lipinski definition) is 0. The van der Waals surface area contributed by atoms with Crippen LogP contribution in [0.25, 0.3) is 106 Å². The Morgan fingerprint density at radius 2 is 0.720 bits per heavy atom. The molecule has 13 rings (SSSR count). The largest absolute Gasteiger partial charge is 0.0759 e. The van der Waals surface area contributed by atoms with E-state index in [1.165, 1.54) is 118 Å². The summed E-state index contributed by atoms with van der Waals surface area (Å²) >= 11 is 0. The molecule has 5 heterocycles. The minimum atomic E-state index is -0.809. The molecule has 0 saturated carbocycles. The smallest absolute Gasteiger partial charge is 0.0163 e. The van der Waals surface area contributed by atoms with Crippen LogP contribution in [-0.2, 0) is 0 Å². The van der Waals surface area contributed by atoms with Crippen LogP contribution >= 0.6 is 14.7 Å². The molecule has 4 bridgehead atoms. The van der Waals surface area contributed by atoms with Crippen LogP contribution in [0.4, 0.5) is 0 Å². The molecule has 0 aliphatic carbocycles. The minimum absolute atomic E-state index is 0.800. The zero-order valence-corrected chi connectivity index (χ0v) is 30.2. The van der Waals surface area contributed by atoms with E-state index in [0.29, 0.717) is 0 Å². The molecule has 0 N–H and O–H groups in total. The van der Waals surface area contributed by atoms with E-state index in [9.17, 15) is 0 Å². The van der Waals surface area contributed by atoms with Gasteiger partial charge >= 0.3 is 0 Å². The van der Waals surface area contributed by atoms with Crippen LogP contribution in [0.5, 0.6) is 0 Å². The average molecular weight is 671 g/mol. The highest BCUT2D eigenvalue weighted by atomic mass is 31.1. The van der Waals surface area contributed by atoms with Crippen molar-refractivity contribution in [1.29, 1.82) is 0 Å². The van der Waals surface area contributed by atoms with Crippen LogP contribution in [0.3, 0.4) is 0 Å². The Labute approximate surface area is 290 Å². The second kappa shape index (κ2) is 9.35. The number of fused-ring (bicyclic) bond motifs is 11. The second-order valence-electron chi connectivity index (χ2n) is 14.8. The fourth-order valence-corrected chi connectivity index (χ4v) is 15.7. The maximum Gasteiger partial charge on any atom is 0.0163 e. The molecule has 8 aromatic carbocycles. The fourth-order valence-electron chi connectivity index (χ4n) is 9.72. The third-order valence-electron chi connectivity index (χ3n) is 11.7. The zero-order valence-electron chi connectivity index (χ0n) is 28.4. The second-order valence-corrected chi connectivity index (χ2v) is 19.0. The molecule has 0 fully saturated rings. The molecule has 2 atom stereocenters. The zero-order chi connectivity index (χ0) is 33.2. The highest BCUT2D eigenvalue weighted by Crippen LogP contribution is 2.64. The summed E-state index contributed by atoms with van der Waals surface area (Å²) in [7, 11) is -1.61. The third kappa shape index (κ3) is 3.26. The van der Waals surface area contributed by atoms with E-state index in [1.807, 2.05) is 0 Å². The summed E-state index contributed by atoms with van der Waals surface area (Å²) in [4.78, 5) is 0. The Hall–Kier alpha value is -5.12. The van der Waals surface area contributed by atoms with Crippen molar-refractivity contribution in [3.05, 3.63) is 144 Å². The van der Waals surface area contributed by atoms with Gasteiger partial charge in [-0.3, -0.25) is 0 Å². The van der Waals surface area contributed by atoms with E-state index in [0.717, 1.165) is 0 Å². The normalized spacial score (nSPS) is 13.5. The first kappa shape index (κ1) is 27.7. The van der Waals surface area contributed by atoms with Crippen molar-refractivity contribution in [3.63, 3.8) is 0 Å². The summed E-state index contributed by atoms with van der Waals surface area (Å²) in [5, 5.41) is 29.2. The van der Waals surface area contributed by atoms with E-state index in [4.69, 9.17) is 0 Å². The van der Waals surface area contributed by atoms with Crippen molar-refractivity contribution in [2.24, 2.45) is 0 Å². The minimum Gasteiger partial charge on any atom is -0.0759 e. The van der Waals surface area contributed by atoms with E-state index in [1.54, 1.807) is 10.2 Å². The van der Waals surface area contributed by atoms with E-state index in [2.05, 4.69) is 149 Å². The monoisotopic (exact) mass is 670 g/mol. The van der Waals surface area contributed by atoms with Crippen molar-refractivity contribution >= 4 is 121 Å². The van der Waals surface area contributed by atoms with Gasteiger partial charge in [-0.05, 0) is 111 Å². The van der Waals surface area contributed by atoms with E-state index < -0.39 is 14.7 Å². The van der Waals surface area contributed by atoms with Gasteiger partial charge in [0.1, 0.15) is 0 Å². The quantitative estimate of drug-likeness (QED) is 0.111. The molecule has 13 aromatic rings. The maximum absolute atomic E-state index is 2.53. The summed E-state index contributed by atoms with van der Waals surface area (Å²) in [5.74, 6) is 0. The van der Waals surface area contributed by atoms with Gasteiger partial charge in [0.2, 0.25) is 0 Å². The Morgan fingerprint density at radius 3 is 1.28 bits per heavy atom. The molecule has 0 saturated heterocycles. The van der Waals surface area contributed by atoms with Crippen molar-refractivity contribution in [3.8, 4) is 0 Å². The molecule has 0 radical (unpaired) electrons. The molecule has 0 amide bonds. The van der Waals surface area contributed by atoms with E-state index >= 15 is 0 Å². The molecule has 2 heteroatoms. The molecule has 234 valence electrons. The van der Waals surface area contributed by atoms with Crippen molar-refractivity contribution in [1.82, 2.24) is 0 Å². The third-order valence-corrected chi connectivity index (χ3v) is 17.0. The topological polar surface area (TPSA) is 0 Å². The fraction of sp³-hybridized carbons (Fsp3) is 0.0833. The van der Waals surface area contributed by atoms with Gasteiger partial charge in [0.15, 0.2) is 0 Å². The Morgan fingerprint density at radius 1 is 0.300 bits per heavy atom. The predicted molar refractivity (Wildman–Crippen MR) is 225 cm³/mol. The van der Waals surface area contributed by atoms with Crippen LogP contribution in [0.2, 0.25) is 0 Å². The molecule has 5 aromatic heterocycles. The molecule has 0 aliphatic rings. The lowest BCUT2D eigenvalue weighted by molar-refractivity contribution is 1.52. The molecule has 50 heavy (non-hydrogen) atoms. The first-order chi connectivity index (χ1) is 24.5. The van der Waals surface area contributed by atoms with Crippen molar-refractivity contribution < 1.29 is 0 Å². The van der Waals surface area contributed by atoms with E-state index in [-0.39, 0.29) is 0 Å². The summed E-state index contributed by atoms with van der Waals surface area (Å²) in [6.45, 7) is 9.05. The molecule has 0 aliphatic heterocycles. The number of hydrogen-bond donors (Lipinski definition) is 0. The Bertz CT molecular complexity index is 3520. The number of rotatable bonds is 0. The van der Waals surface area contributed by atoms with Gasteiger partial charge in [0.05, 0.1) is 0 Å². The van der Waals surface area contributed by atoms with Crippen LogP contribution in [0, 0.1) is 27.7 Å². The molecular formula is C48H32P2. The maximum atomic E-state index is 2.53. The summed E-state index contributed by atoms with van der Waals surface area (Å²) in [6.07, 6.45) is 0. The lowest BCUT2D eigenvalue weighted by atomic mass is 9.91. The van der Waals surface area contributed by atoms with Crippen LogP contribution < -0.4 is 0 Å². The van der Waals surface area contributed by atoms with Gasteiger partial charge in [-0.1, -0.05) is 134 Å². The molecule has 2 unspecified atom stereocenters. The molecule has 0 spiro atoms. The Kier molecular flexibility index (Phi) is 5.18. The standard InChI is InChI=1S/C48H32P2/c1-25-9-17-38-34(21-25)31-14-13-29-7-5-6-8-30(29)42(31)44-33-16-15-32-35-22-26(2)10-18-39(35)49-40-19-11-27(3)23-36(40)43(32)45(33)48(49)46-37-24-28(4)12-20-41(37)50(38)47(44)46/h5-24H,1-4H3. The van der Waals surface area contributed by atoms with Gasteiger partial charge in [0, 0.05) is 46.9 Å². The van der Waals surface area contributed by atoms with Crippen molar-refractivity contribution in [2.75, 3.05) is 0 Å². The van der Waals surface area contributed by atoms with Gasteiger partial charge in [-0.25, -0.2) is 0 Å². The first-order valence-corrected chi connectivity index (χ1v) is 20.4. The lowest BCUT2D eigenvalue weighted by Crippen LogP contribution is -1.86. The Balaban J connectivity index is 1.60. The van der Waals surface area contributed by atoms with Crippen molar-refractivity contribution in [2.45, 2.75) is 27.7 Å². The SMILES string of the molecule is Cc1ccc2c(c1)c1ccc3c4c1c1cc(C)ccc1p2c4c1c2cc(C)ccc2p2c4ccc(C)cc4c4ccc5ccccc5c4c3c12. The first-order valence-electron chi connectivity index (χ1n) is 17.7. The highest BCUT2D eigenvalue weighted by molar-refractivity contribution is 7.65. The van der Waals surface area contributed by atoms with Crippen LogP contribution in [0.1, 0.15) is 22.3 Å². The van der Waals surface area contributed by atoms with Crippen LogP contribution in [-0.4, -0.2) is 0 Å². The highest BCUT2D eigenvalue weighted by Gasteiger charge is 2.27. The average Bonchev–Trinajstić information content (AvgIpc) is 3.26. The molecular weight excluding hydrogens is 638 g/mol. The summed E-state index contributed by atoms with van der Waals surface area (Å²) in [5.41, 5.74) is 5.31. The lowest BCUT2D eigenvalue weighted by Gasteiger charge is -2.17. The number of benzene rings is 8. The summed E-state index contributed by atoms with van der Waals surface area (Å²) < 4.78 is 0. The summed E-state index contributed by atoms with van der Waals surface area (Å²) in [6, 6.07) is 48.2. The van der Waals surface area contributed by atoms with Gasteiger partial charge in [0.25, 0.3) is 0 Å². The predicted octanol–water partition coefficient (Wildman–Crippen LogP) is 15.6. The van der Waals surface area contributed by atoms with Gasteiger partial charge < -0.3 is 0 Å². The van der Waals surface area contributed by atoms with Gasteiger partial charge in [-0.2, -0.15) is 0 Å². The molecule has 0 nitrogen and oxygen atoms in total. The van der Waals surface area contributed by atoms with Gasteiger partial charge in [-0.15, -0.1) is 0 Å². The number of aryl methyl sites for hydroxylation is 4. The van der Waals surface area contributed by atoms with Crippen LogP contribution in [0.15, 0.2) is 121 Å².